The second kappa shape index (κ2) is 6.31. The van der Waals surface area contributed by atoms with E-state index in [0.29, 0.717) is 12.0 Å². The van der Waals surface area contributed by atoms with Crippen LogP contribution in [0.1, 0.15) is 29.7 Å². The molecule has 1 unspecified atom stereocenters. The smallest absolute Gasteiger partial charge is 0.126 e. The van der Waals surface area contributed by atoms with Gasteiger partial charge < -0.3 is 5.73 Å². The second-order valence-corrected chi connectivity index (χ2v) is 5.56. The average molecular weight is 322 g/mol. The van der Waals surface area contributed by atoms with Gasteiger partial charge in [-0.05, 0) is 47.7 Å². The SMILES string of the molecule is CCc1ccc(C(N)Cc2cc(Br)ccc2F)cc1. The summed E-state index contributed by atoms with van der Waals surface area (Å²) in [6.45, 7) is 2.12. The molecule has 0 amide bonds. The fourth-order valence-electron chi connectivity index (χ4n) is 2.06. The quantitative estimate of drug-likeness (QED) is 0.887. The van der Waals surface area contributed by atoms with Crippen molar-refractivity contribution in [3.8, 4) is 0 Å². The molecule has 0 aliphatic rings. The molecule has 0 saturated heterocycles. The fraction of sp³-hybridized carbons (Fsp3) is 0.250. The maximum absolute atomic E-state index is 13.7. The number of aryl methyl sites for hydroxylation is 1. The summed E-state index contributed by atoms with van der Waals surface area (Å²) < 4.78 is 14.6. The topological polar surface area (TPSA) is 26.0 Å². The summed E-state index contributed by atoms with van der Waals surface area (Å²) in [4.78, 5) is 0. The second-order valence-electron chi connectivity index (χ2n) is 4.64. The van der Waals surface area contributed by atoms with Gasteiger partial charge in [-0.25, -0.2) is 4.39 Å². The van der Waals surface area contributed by atoms with Gasteiger partial charge in [0.2, 0.25) is 0 Å². The van der Waals surface area contributed by atoms with Crippen molar-refractivity contribution >= 4 is 15.9 Å². The molecular weight excluding hydrogens is 305 g/mol. The maximum Gasteiger partial charge on any atom is 0.126 e. The van der Waals surface area contributed by atoms with E-state index in [0.717, 1.165) is 16.5 Å². The van der Waals surface area contributed by atoms with Crippen LogP contribution in [-0.2, 0) is 12.8 Å². The summed E-state index contributed by atoms with van der Waals surface area (Å²) in [5.41, 5.74) is 9.12. The lowest BCUT2D eigenvalue weighted by molar-refractivity contribution is 0.593. The summed E-state index contributed by atoms with van der Waals surface area (Å²) in [7, 11) is 0. The monoisotopic (exact) mass is 321 g/mol. The normalized spacial score (nSPS) is 12.4. The Morgan fingerprint density at radius 3 is 2.47 bits per heavy atom. The first-order valence-corrected chi connectivity index (χ1v) is 7.17. The van der Waals surface area contributed by atoms with E-state index in [1.54, 1.807) is 12.1 Å². The summed E-state index contributed by atoms with van der Waals surface area (Å²) in [5.74, 6) is -0.205. The molecule has 0 spiro atoms. The zero-order valence-corrected chi connectivity index (χ0v) is 12.5. The van der Waals surface area contributed by atoms with Gasteiger partial charge in [-0.3, -0.25) is 0 Å². The minimum absolute atomic E-state index is 0.185. The molecule has 19 heavy (non-hydrogen) atoms. The van der Waals surface area contributed by atoms with E-state index in [9.17, 15) is 4.39 Å². The lowest BCUT2D eigenvalue weighted by atomic mass is 9.98. The van der Waals surface area contributed by atoms with Crippen molar-refractivity contribution in [2.75, 3.05) is 0 Å². The lowest BCUT2D eigenvalue weighted by Crippen LogP contribution is -2.14. The molecule has 0 aliphatic carbocycles. The van der Waals surface area contributed by atoms with Gasteiger partial charge in [-0.15, -0.1) is 0 Å². The summed E-state index contributed by atoms with van der Waals surface area (Å²) in [6.07, 6.45) is 1.51. The molecule has 0 aromatic heterocycles. The lowest BCUT2D eigenvalue weighted by Gasteiger charge is -2.13. The Morgan fingerprint density at radius 2 is 1.84 bits per heavy atom. The van der Waals surface area contributed by atoms with E-state index in [4.69, 9.17) is 5.73 Å². The predicted molar refractivity (Wildman–Crippen MR) is 80.6 cm³/mol. The Morgan fingerprint density at radius 1 is 1.16 bits per heavy atom. The van der Waals surface area contributed by atoms with Crippen molar-refractivity contribution in [2.24, 2.45) is 5.73 Å². The molecule has 2 aromatic rings. The van der Waals surface area contributed by atoms with Gasteiger partial charge in [-0.2, -0.15) is 0 Å². The highest BCUT2D eigenvalue weighted by Crippen LogP contribution is 2.21. The van der Waals surface area contributed by atoms with Gasteiger partial charge in [0, 0.05) is 10.5 Å². The van der Waals surface area contributed by atoms with Gasteiger partial charge >= 0.3 is 0 Å². The number of nitrogens with two attached hydrogens (primary N) is 1. The molecule has 0 heterocycles. The maximum atomic E-state index is 13.7. The first kappa shape index (κ1) is 14.2. The third-order valence-corrected chi connectivity index (χ3v) is 3.76. The Hall–Kier alpha value is -1.19. The van der Waals surface area contributed by atoms with Gasteiger partial charge in [0.05, 0.1) is 0 Å². The molecule has 2 N–H and O–H groups in total. The van der Waals surface area contributed by atoms with E-state index >= 15 is 0 Å². The highest BCUT2D eigenvalue weighted by molar-refractivity contribution is 9.10. The molecule has 0 radical (unpaired) electrons. The average Bonchev–Trinajstić information content (AvgIpc) is 2.43. The summed E-state index contributed by atoms with van der Waals surface area (Å²) in [5, 5.41) is 0. The van der Waals surface area contributed by atoms with E-state index < -0.39 is 0 Å². The van der Waals surface area contributed by atoms with Crippen LogP contribution in [0.3, 0.4) is 0 Å². The van der Waals surface area contributed by atoms with Crippen LogP contribution in [0.15, 0.2) is 46.9 Å². The molecule has 3 heteroatoms. The first-order valence-electron chi connectivity index (χ1n) is 6.38. The standard InChI is InChI=1S/C16H17BrFN/c1-2-11-3-5-12(6-4-11)16(19)10-13-9-14(17)7-8-15(13)18/h3-9,16H,2,10,19H2,1H3. The van der Waals surface area contributed by atoms with E-state index in [1.807, 2.05) is 12.1 Å². The third kappa shape index (κ3) is 3.64. The van der Waals surface area contributed by atoms with Crippen LogP contribution < -0.4 is 5.73 Å². The van der Waals surface area contributed by atoms with Crippen LogP contribution in [0.4, 0.5) is 4.39 Å². The van der Waals surface area contributed by atoms with Crippen LogP contribution in [0, 0.1) is 5.82 Å². The third-order valence-electron chi connectivity index (χ3n) is 3.26. The zero-order chi connectivity index (χ0) is 13.8. The highest BCUT2D eigenvalue weighted by Gasteiger charge is 2.10. The van der Waals surface area contributed by atoms with Crippen molar-refractivity contribution in [3.63, 3.8) is 0 Å². The molecule has 1 atom stereocenters. The molecule has 2 rings (SSSR count). The van der Waals surface area contributed by atoms with Gasteiger partial charge in [0.15, 0.2) is 0 Å². The Kier molecular flexibility index (Phi) is 4.72. The van der Waals surface area contributed by atoms with Crippen molar-refractivity contribution in [2.45, 2.75) is 25.8 Å². The molecule has 2 aromatic carbocycles. The molecule has 0 aliphatic heterocycles. The zero-order valence-electron chi connectivity index (χ0n) is 10.9. The van der Waals surface area contributed by atoms with E-state index in [1.165, 1.54) is 11.6 Å². The summed E-state index contributed by atoms with van der Waals surface area (Å²) >= 11 is 3.35. The number of halogens is 2. The van der Waals surface area contributed by atoms with Crippen LogP contribution in [0.25, 0.3) is 0 Å². The van der Waals surface area contributed by atoms with Gasteiger partial charge in [0.1, 0.15) is 5.82 Å². The largest absolute Gasteiger partial charge is 0.324 e. The highest BCUT2D eigenvalue weighted by atomic mass is 79.9. The molecular formula is C16H17BrFN. The van der Waals surface area contributed by atoms with Crippen LogP contribution in [0.2, 0.25) is 0 Å². The van der Waals surface area contributed by atoms with Crippen molar-refractivity contribution in [1.29, 1.82) is 0 Å². The minimum Gasteiger partial charge on any atom is -0.324 e. The van der Waals surface area contributed by atoms with Crippen LogP contribution in [-0.4, -0.2) is 0 Å². The number of hydrogen-bond donors (Lipinski definition) is 1. The van der Waals surface area contributed by atoms with Crippen LogP contribution in [0.5, 0.6) is 0 Å². The molecule has 0 fully saturated rings. The fourth-order valence-corrected chi connectivity index (χ4v) is 2.46. The Bertz CT molecular complexity index is 551. The molecule has 100 valence electrons. The number of rotatable bonds is 4. The van der Waals surface area contributed by atoms with E-state index in [-0.39, 0.29) is 11.9 Å². The summed E-state index contributed by atoms with van der Waals surface area (Å²) in [6, 6.07) is 13.0. The Labute approximate surface area is 121 Å². The van der Waals surface area contributed by atoms with Gasteiger partial charge in [-0.1, -0.05) is 47.1 Å². The minimum atomic E-state index is -0.205. The first-order chi connectivity index (χ1) is 9.10. The van der Waals surface area contributed by atoms with Crippen molar-refractivity contribution in [1.82, 2.24) is 0 Å². The molecule has 1 nitrogen and oxygen atoms in total. The van der Waals surface area contributed by atoms with Crippen molar-refractivity contribution in [3.05, 3.63) is 69.4 Å². The van der Waals surface area contributed by atoms with Crippen LogP contribution >= 0.6 is 15.9 Å². The number of hydrogen-bond acceptors (Lipinski definition) is 1. The predicted octanol–water partition coefficient (Wildman–Crippen LogP) is 4.39. The Balaban J connectivity index is 2.15. The molecule has 0 saturated carbocycles. The molecule has 0 bridgehead atoms. The number of benzene rings is 2. The van der Waals surface area contributed by atoms with Crippen molar-refractivity contribution < 1.29 is 4.39 Å². The van der Waals surface area contributed by atoms with Gasteiger partial charge in [0.25, 0.3) is 0 Å². The van der Waals surface area contributed by atoms with E-state index in [2.05, 4.69) is 35.0 Å².